The van der Waals surface area contributed by atoms with E-state index >= 15 is 0 Å². The molecule has 0 amide bonds. The van der Waals surface area contributed by atoms with E-state index in [9.17, 15) is 0 Å². The lowest BCUT2D eigenvalue weighted by Gasteiger charge is -1.94. The second-order valence-electron chi connectivity index (χ2n) is 2.19. The summed E-state index contributed by atoms with van der Waals surface area (Å²) in [6.07, 6.45) is 6.61. The normalized spacial score (nSPS) is 11.0. The molecule has 0 unspecified atom stereocenters. The van der Waals surface area contributed by atoms with E-state index in [-0.39, 0.29) is 6.61 Å². The molecule has 0 saturated carbocycles. The Morgan fingerprint density at radius 1 is 1.40 bits per heavy atom. The summed E-state index contributed by atoms with van der Waals surface area (Å²) in [5.74, 6) is 0. The first-order valence-electron chi connectivity index (χ1n) is 3.88. The van der Waals surface area contributed by atoms with Gasteiger partial charge in [-0.05, 0) is 6.42 Å². The lowest BCUT2D eigenvalue weighted by molar-refractivity contribution is 0.294. The SMILES string of the molecule is CCCC=CCNCCO. The van der Waals surface area contributed by atoms with Gasteiger partial charge < -0.3 is 10.4 Å². The zero-order valence-corrected chi connectivity index (χ0v) is 6.64. The van der Waals surface area contributed by atoms with E-state index in [0.717, 1.165) is 13.0 Å². The molecule has 0 fully saturated rings. The van der Waals surface area contributed by atoms with Gasteiger partial charge in [-0.25, -0.2) is 0 Å². The first kappa shape index (κ1) is 9.66. The van der Waals surface area contributed by atoms with E-state index in [2.05, 4.69) is 24.4 Å². The molecule has 0 radical (unpaired) electrons. The van der Waals surface area contributed by atoms with Crippen molar-refractivity contribution in [1.29, 1.82) is 0 Å². The highest BCUT2D eigenvalue weighted by Gasteiger charge is 1.78. The molecule has 0 saturated heterocycles. The molecule has 0 aliphatic heterocycles. The van der Waals surface area contributed by atoms with E-state index < -0.39 is 0 Å². The van der Waals surface area contributed by atoms with E-state index in [4.69, 9.17) is 5.11 Å². The van der Waals surface area contributed by atoms with Gasteiger partial charge in [0.2, 0.25) is 0 Å². The summed E-state index contributed by atoms with van der Waals surface area (Å²) in [6.45, 7) is 3.95. The minimum absolute atomic E-state index is 0.224. The first-order chi connectivity index (χ1) is 4.91. The third-order valence-electron chi connectivity index (χ3n) is 1.17. The van der Waals surface area contributed by atoms with Crippen LogP contribution in [0, 0.1) is 0 Å². The molecule has 2 heteroatoms. The molecule has 0 aromatic heterocycles. The Hall–Kier alpha value is -0.340. The van der Waals surface area contributed by atoms with Crippen molar-refractivity contribution in [3.8, 4) is 0 Å². The quantitative estimate of drug-likeness (QED) is 0.428. The van der Waals surface area contributed by atoms with Gasteiger partial charge in [-0.3, -0.25) is 0 Å². The van der Waals surface area contributed by atoms with Gasteiger partial charge in [0.15, 0.2) is 0 Å². The molecule has 0 aromatic rings. The van der Waals surface area contributed by atoms with E-state index in [1.54, 1.807) is 0 Å². The molecule has 0 bridgehead atoms. The van der Waals surface area contributed by atoms with Crippen molar-refractivity contribution >= 4 is 0 Å². The van der Waals surface area contributed by atoms with Crippen molar-refractivity contribution in [2.45, 2.75) is 19.8 Å². The number of hydrogen-bond acceptors (Lipinski definition) is 2. The molecule has 0 aliphatic carbocycles. The summed E-state index contributed by atoms with van der Waals surface area (Å²) in [5.41, 5.74) is 0. The second kappa shape index (κ2) is 8.66. The average Bonchev–Trinajstić information content (AvgIpc) is 1.97. The topological polar surface area (TPSA) is 32.3 Å². The van der Waals surface area contributed by atoms with Gasteiger partial charge in [-0.2, -0.15) is 0 Å². The molecule has 2 nitrogen and oxygen atoms in total. The lowest BCUT2D eigenvalue weighted by Crippen LogP contribution is -2.17. The van der Waals surface area contributed by atoms with Gasteiger partial charge >= 0.3 is 0 Å². The van der Waals surface area contributed by atoms with Crippen molar-refractivity contribution < 1.29 is 5.11 Å². The number of aliphatic hydroxyl groups is 1. The smallest absolute Gasteiger partial charge is 0.0556 e. The van der Waals surface area contributed by atoms with Crippen molar-refractivity contribution in [3.05, 3.63) is 12.2 Å². The Balaban J connectivity index is 2.88. The van der Waals surface area contributed by atoms with Crippen molar-refractivity contribution in [2.24, 2.45) is 0 Å². The maximum atomic E-state index is 8.38. The molecule has 10 heavy (non-hydrogen) atoms. The zero-order chi connectivity index (χ0) is 7.66. The predicted molar refractivity (Wildman–Crippen MR) is 44.0 cm³/mol. The molecular formula is C8H17NO. The maximum Gasteiger partial charge on any atom is 0.0556 e. The third-order valence-corrected chi connectivity index (χ3v) is 1.17. The fraction of sp³-hybridized carbons (Fsp3) is 0.750. The summed E-state index contributed by atoms with van der Waals surface area (Å²) < 4.78 is 0. The van der Waals surface area contributed by atoms with Crippen molar-refractivity contribution in [1.82, 2.24) is 5.32 Å². The van der Waals surface area contributed by atoms with Gasteiger partial charge in [0.25, 0.3) is 0 Å². The highest BCUT2D eigenvalue weighted by molar-refractivity contribution is 4.82. The number of nitrogens with one attached hydrogen (secondary N) is 1. The van der Waals surface area contributed by atoms with Gasteiger partial charge in [-0.1, -0.05) is 25.5 Å². The number of rotatable bonds is 6. The van der Waals surface area contributed by atoms with E-state index in [1.807, 2.05) is 0 Å². The summed E-state index contributed by atoms with van der Waals surface area (Å²) in [4.78, 5) is 0. The average molecular weight is 143 g/mol. The standard InChI is InChI=1S/C8H17NO/c1-2-3-4-5-6-9-7-8-10/h4-5,9-10H,2-3,6-8H2,1H3. The van der Waals surface area contributed by atoms with Crippen LogP contribution in [0.4, 0.5) is 0 Å². The van der Waals surface area contributed by atoms with E-state index in [0.29, 0.717) is 6.54 Å². The summed E-state index contributed by atoms with van der Waals surface area (Å²) in [5, 5.41) is 11.4. The van der Waals surface area contributed by atoms with Crippen LogP contribution in [0.25, 0.3) is 0 Å². The fourth-order valence-corrected chi connectivity index (χ4v) is 0.632. The zero-order valence-electron chi connectivity index (χ0n) is 6.64. The molecule has 0 aromatic carbocycles. The largest absolute Gasteiger partial charge is 0.395 e. The summed E-state index contributed by atoms with van der Waals surface area (Å²) in [7, 11) is 0. The third kappa shape index (κ3) is 7.66. The molecule has 2 N–H and O–H groups in total. The molecule has 0 atom stereocenters. The molecule has 0 spiro atoms. The van der Waals surface area contributed by atoms with Crippen LogP contribution in [0.3, 0.4) is 0 Å². The molecule has 0 rings (SSSR count). The van der Waals surface area contributed by atoms with Crippen LogP contribution in [0.2, 0.25) is 0 Å². The summed E-state index contributed by atoms with van der Waals surface area (Å²) in [6, 6.07) is 0. The highest BCUT2D eigenvalue weighted by atomic mass is 16.3. The minimum atomic E-state index is 0.224. The molecule has 0 aliphatic rings. The predicted octanol–water partition coefficient (Wildman–Crippen LogP) is 0.925. The maximum absolute atomic E-state index is 8.38. The Kier molecular flexibility index (Phi) is 8.37. The van der Waals surface area contributed by atoms with Crippen LogP contribution in [-0.2, 0) is 0 Å². The fourth-order valence-electron chi connectivity index (χ4n) is 0.632. The minimum Gasteiger partial charge on any atom is -0.395 e. The molecule has 0 heterocycles. The highest BCUT2D eigenvalue weighted by Crippen LogP contribution is 1.86. The Morgan fingerprint density at radius 3 is 2.80 bits per heavy atom. The summed E-state index contributed by atoms with van der Waals surface area (Å²) >= 11 is 0. The number of allylic oxidation sites excluding steroid dienone is 1. The van der Waals surface area contributed by atoms with Crippen LogP contribution in [0.5, 0.6) is 0 Å². The van der Waals surface area contributed by atoms with E-state index in [1.165, 1.54) is 6.42 Å². The van der Waals surface area contributed by atoms with Gasteiger partial charge in [0, 0.05) is 13.1 Å². The lowest BCUT2D eigenvalue weighted by atomic mass is 10.3. The molecule has 60 valence electrons. The monoisotopic (exact) mass is 143 g/mol. The van der Waals surface area contributed by atoms with Gasteiger partial charge in [0.05, 0.1) is 6.61 Å². The van der Waals surface area contributed by atoms with Gasteiger partial charge in [0.1, 0.15) is 0 Å². The second-order valence-corrected chi connectivity index (χ2v) is 2.19. The van der Waals surface area contributed by atoms with Crippen LogP contribution in [0.15, 0.2) is 12.2 Å². The van der Waals surface area contributed by atoms with Crippen LogP contribution >= 0.6 is 0 Å². The number of unbranched alkanes of at least 4 members (excludes halogenated alkanes) is 1. The Morgan fingerprint density at radius 2 is 2.20 bits per heavy atom. The Labute approximate surface area is 62.9 Å². The first-order valence-corrected chi connectivity index (χ1v) is 3.88. The van der Waals surface area contributed by atoms with Crippen LogP contribution < -0.4 is 5.32 Å². The van der Waals surface area contributed by atoms with Crippen molar-refractivity contribution in [3.63, 3.8) is 0 Å². The van der Waals surface area contributed by atoms with Crippen molar-refractivity contribution in [2.75, 3.05) is 19.7 Å². The van der Waals surface area contributed by atoms with Crippen LogP contribution in [0.1, 0.15) is 19.8 Å². The number of hydrogen-bond donors (Lipinski definition) is 2. The van der Waals surface area contributed by atoms with Crippen LogP contribution in [-0.4, -0.2) is 24.8 Å². The number of aliphatic hydroxyl groups excluding tert-OH is 1. The Bertz CT molecular complexity index is 81.3. The van der Waals surface area contributed by atoms with Gasteiger partial charge in [-0.15, -0.1) is 0 Å². The molecular weight excluding hydrogens is 126 g/mol.